The maximum absolute atomic E-state index is 11.4. The summed E-state index contributed by atoms with van der Waals surface area (Å²) in [6.45, 7) is 8.68. The van der Waals surface area contributed by atoms with Gasteiger partial charge in [0.05, 0.1) is 0 Å². The van der Waals surface area contributed by atoms with E-state index in [-0.39, 0.29) is 11.6 Å². The standard InChI is InChI=1S/C14H22N2O2/c1-5-10-15-13(17)16-11-6-8-12(9-7-11)18-14(2,3)4/h6-9H,5,10H2,1-4H3,(H2,15,16,17). The summed E-state index contributed by atoms with van der Waals surface area (Å²) >= 11 is 0. The molecule has 2 N–H and O–H groups in total. The molecule has 0 saturated heterocycles. The summed E-state index contributed by atoms with van der Waals surface area (Å²) in [6.07, 6.45) is 0.922. The maximum Gasteiger partial charge on any atom is 0.319 e. The molecular formula is C14H22N2O2. The molecule has 0 fully saturated rings. The van der Waals surface area contributed by atoms with Crippen molar-refractivity contribution < 1.29 is 9.53 Å². The zero-order valence-corrected chi connectivity index (χ0v) is 11.5. The van der Waals surface area contributed by atoms with Crippen LogP contribution in [0.2, 0.25) is 0 Å². The first kappa shape index (κ1) is 14.4. The summed E-state index contributed by atoms with van der Waals surface area (Å²) in [5.74, 6) is 0.794. The van der Waals surface area contributed by atoms with E-state index in [4.69, 9.17) is 4.74 Å². The number of anilines is 1. The normalized spacial score (nSPS) is 10.9. The molecule has 0 aliphatic carbocycles. The Morgan fingerprint density at radius 2 is 1.83 bits per heavy atom. The number of urea groups is 1. The Morgan fingerprint density at radius 3 is 2.33 bits per heavy atom. The van der Waals surface area contributed by atoms with Crippen LogP contribution < -0.4 is 15.4 Å². The molecular weight excluding hydrogens is 228 g/mol. The molecule has 100 valence electrons. The molecule has 0 saturated carbocycles. The van der Waals surface area contributed by atoms with Crippen molar-refractivity contribution in [3.63, 3.8) is 0 Å². The topological polar surface area (TPSA) is 50.4 Å². The number of carbonyl (C=O) groups is 1. The van der Waals surface area contributed by atoms with Crippen LogP contribution in [0.1, 0.15) is 34.1 Å². The summed E-state index contributed by atoms with van der Waals surface area (Å²) in [5.41, 5.74) is 0.540. The van der Waals surface area contributed by atoms with Gasteiger partial charge in [0.1, 0.15) is 11.4 Å². The number of hydrogen-bond donors (Lipinski definition) is 2. The highest BCUT2D eigenvalue weighted by molar-refractivity contribution is 5.89. The first-order valence-electron chi connectivity index (χ1n) is 6.24. The number of nitrogens with one attached hydrogen (secondary N) is 2. The molecule has 0 unspecified atom stereocenters. The Hall–Kier alpha value is -1.71. The van der Waals surface area contributed by atoms with Gasteiger partial charge in [0.2, 0.25) is 0 Å². The van der Waals surface area contributed by atoms with E-state index in [1.54, 1.807) is 0 Å². The molecule has 4 nitrogen and oxygen atoms in total. The van der Waals surface area contributed by atoms with Crippen LogP contribution in [0, 0.1) is 0 Å². The minimum atomic E-state index is -0.215. The Kier molecular flexibility index (Phi) is 5.01. The van der Waals surface area contributed by atoms with Gasteiger partial charge in [-0.2, -0.15) is 0 Å². The van der Waals surface area contributed by atoms with Gasteiger partial charge in [0, 0.05) is 12.2 Å². The van der Waals surface area contributed by atoms with Crippen molar-refractivity contribution in [1.82, 2.24) is 5.32 Å². The lowest BCUT2D eigenvalue weighted by molar-refractivity contribution is 0.131. The van der Waals surface area contributed by atoms with Gasteiger partial charge in [0.25, 0.3) is 0 Å². The van der Waals surface area contributed by atoms with Gasteiger partial charge in [-0.05, 0) is 51.5 Å². The fourth-order valence-electron chi connectivity index (χ4n) is 1.37. The number of hydrogen-bond acceptors (Lipinski definition) is 2. The fourth-order valence-corrected chi connectivity index (χ4v) is 1.37. The molecule has 2 amide bonds. The van der Waals surface area contributed by atoms with Gasteiger partial charge >= 0.3 is 6.03 Å². The van der Waals surface area contributed by atoms with Crippen molar-refractivity contribution >= 4 is 11.7 Å². The van der Waals surface area contributed by atoms with E-state index in [1.165, 1.54) is 0 Å². The molecule has 4 heteroatoms. The van der Waals surface area contributed by atoms with Crippen LogP contribution in [0.4, 0.5) is 10.5 Å². The Morgan fingerprint density at radius 1 is 1.22 bits per heavy atom. The van der Waals surface area contributed by atoms with Crippen molar-refractivity contribution in [2.75, 3.05) is 11.9 Å². The second kappa shape index (κ2) is 6.28. The molecule has 1 aromatic rings. The zero-order valence-electron chi connectivity index (χ0n) is 11.5. The van der Waals surface area contributed by atoms with Crippen molar-refractivity contribution in [1.29, 1.82) is 0 Å². The van der Waals surface area contributed by atoms with Crippen molar-refractivity contribution in [3.8, 4) is 5.75 Å². The second-order valence-corrected chi connectivity index (χ2v) is 5.12. The van der Waals surface area contributed by atoms with E-state index in [1.807, 2.05) is 52.0 Å². The first-order chi connectivity index (χ1) is 8.40. The summed E-state index contributed by atoms with van der Waals surface area (Å²) in [4.78, 5) is 11.4. The molecule has 0 spiro atoms. The summed E-state index contributed by atoms with van der Waals surface area (Å²) in [7, 11) is 0. The van der Waals surface area contributed by atoms with E-state index < -0.39 is 0 Å². The second-order valence-electron chi connectivity index (χ2n) is 5.12. The van der Waals surface area contributed by atoms with Crippen LogP contribution in [0.25, 0.3) is 0 Å². The smallest absolute Gasteiger partial charge is 0.319 e. The molecule has 1 aromatic carbocycles. The van der Waals surface area contributed by atoms with Crippen LogP contribution in [0.5, 0.6) is 5.75 Å². The molecule has 0 bridgehead atoms. The van der Waals surface area contributed by atoms with E-state index in [9.17, 15) is 4.79 Å². The van der Waals surface area contributed by atoms with Gasteiger partial charge in [-0.25, -0.2) is 4.79 Å². The predicted octanol–water partition coefficient (Wildman–Crippen LogP) is 3.40. The van der Waals surface area contributed by atoms with Crippen molar-refractivity contribution in [2.24, 2.45) is 0 Å². The van der Waals surface area contributed by atoms with Crippen molar-refractivity contribution in [3.05, 3.63) is 24.3 Å². The quantitative estimate of drug-likeness (QED) is 0.860. The average molecular weight is 250 g/mol. The van der Waals surface area contributed by atoms with Crippen LogP contribution in [0.15, 0.2) is 24.3 Å². The third kappa shape index (κ3) is 5.57. The lowest BCUT2D eigenvalue weighted by atomic mass is 10.2. The number of ether oxygens (including phenoxy) is 1. The summed E-state index contributed by atoms with van der Waals surface area (Å²) < 4.78 is 5.70. The number of carbonyl (C=O) groups excluding carboxylic acids is 1. The first-order valence-corrected chi connectivity index (χ1v) is 6.24. The van der Waals surface area contributed by atoms with Gasteiger partial charge in [0.15, 0.2) is 0 Å². The molecule has 0 aliphatic rings. The van der Waals surface area contributed by atoms with Gasteiger partial charge in [-0.15, -0.1) is 0 Å². The van der Waals surface area contributed by atoms with E-state index >= 15 is 0 Å². The van der Waals surface area contributed by atoms with E-state index in [0.29, 0.717) is 6.54 Å². The van der Waals surface area contributed by atoms with Crippen molar-refractivity contribution in [2.45, 2.75) is 39.7 Å². The van der Waals surface area contributed by atoms with Crippen LogP contribution in [-0.4, -0.2) is 18.2 Å². The number of amides is 2. The zero-order chi connectivity index (χ0) is 13.6. The number of rotatable bonds is 4. The SMILES string of the molecule is CCCNC(=O)Nc1ccc(OC(C)(C)C)cc1. The minimum Gasteiger partial charge on any atom is -0.488 e. The molecule has 18 heavy (non-hydrogen) atoms. The highest BCUT2D eigenvalue weighted by Gasteiger charge is 2.11. The summed E-state index contributed by atoms with van der Waals surface area (Å²) in [6, 6.07) is 7.17. The predicted molar refractivity (Wildman–Crippen MR) is 74.1 cm³/mol. The van der Waals surface area contributed by atoms with Crippen LogP contribution in [-0.2, 0) is 0 Å². The third-order valence-corrected chi connectivity index (χ3v) is 2.07. The average Bonchev–Trinajstić information content (AvgIpc) is 2.27. The fraction of sp³-hybridized carbons (Fsp3) is 0.500. The molecule has 1 rings (SSSR count). The van der Waals surface area contributed by atoms with E-state index in [0.717, 1.165) is 17.9 Å². The number of benzene rings is 1. The van der Waals surface area contributed by atoms with Gasteiger partial charge in [-0.1, -0.05) is 6.92 Å². The minimum absolute atomic E-state index is 0.179. The van der Waals surface area contributed by atoms with Crippen LogP contribution >= 0.6 is 0 Å². The Balaban J connectivity index is 2.52. The lowest BCUT2D eigenvalue weighted by Crippen LogP contribution is -2.29. The molecule has 0 atom stereocenters. The van der Waals surface area contributed by atoms with Crippen LogP contribution in [0.3, 0.4) is 0 Å². The highest BCUT2D eigenvalue weighted by atomic mass is 16.5. The van der Waals surface area contributed by atoms with E-state index in [2.05, 4.69) is 10.6 Å². The molecule has 0 heterocycles. The molecule has 0 radical (unpaired) electrons. The van der Waals surface area contributed by atoms with Gasteiger partial charge < -0.3 is 15.4 Å². The molecule has 0 aromatic heterocycles. The third-order valence-electron chi connectivity index (χ3n) is 2.07. The maximum atomic E-state index is 11.4. The largest absolute Gasteiger partial charge is 0.488 e. The Labute approximate surface area is 109 Å². The molecule has 0 aliphatic heterocycles. The van der Waals surface area contributed by atoms with Gasteiger partial charge in [-0.3, -0.25) is 0 Å². The Bertz CT molecular complexity index is 380. The summed E-state index contributed by atoms with van der Waals surface area (Å²) in [5, 5.41) is 5.51. The lowest BCUT2D eigenvalue weighted by Gasteiger charge is -2.21. The highest BCUT2D eigenvalue weighted by Crippen LogP contribution is 2.20. The monoisotopic (exact) mass is 250 g/mol.